The van der Waals surface area contributed by atoms with Crippen LogP contribution in [0.1, 0.15) is 140 Å². The molecule has 0 aliphatic carbocycles. The number of anilines is 4. The van der Waals surface area contributed by atoms with E-state index in [-0.39, 0.29) is 46.8 Å². The van der Waals surface area contributed by atoms with Gasteiger partial charge in [-0.05, 0) is 247 Å². The van der Waals surface area contributed by atoms with Gasteiger partial charge in [-0.1, -0.05) is 109 Å². The molecule has 0 spiro atoms. The average molecular weight is 1770 g/mol. The minimum atomic E-state index is 0.0717. The van der Waals surface area contributed by atoms with Crippen LogP contribution in [0.15, 0.2) is 146 Å². The number of Topliss-reactive ketones (excluding diaryl/α,β-unsaturated/α-hetero) is 4. The number of hydrogen-bond acceptors (Lipinski definition) is 20. The summed E-state index contributed by atoms with van der Waals surface area (Å²) in [6.07, 6.45) is 22.8. The van der Waals surface area contributed by atoms with Crippen molar-refractivity contribution in [2.45, 2.75) is 155 Å². The fourth-order valence-corrected chi connectivity index (χ4v) is 18.7. The molecule has 12 heterocycles. The van der Waals surface area contributed by atoms with Crippen molar-refractivity contribution in [3.8, 4) is 44.5 Å². The second-order valence-electron chi connectivity index (χ2n) is 35.8. The van der Waals surface area contributed by atoms with Crippen LogP contribution in [-0.4, -0.2) is 173 Å². The van der Waals surface area contributed by atoms with Crippen molar-refractivity contribution in [3.05, 3.63) is 189 Å². The van der Waals surface area contributed by atoms with Crippen LogP contribution in [-0.2, 0) is 63.8 Å². The molecule has 8 N–H and O–H groups in total. The number of hydrogen-bond donors (Lipinski definition) is 8. The number of carbonyl (C=O) groups is 4. The molecule has 0 radical (unpaired) electrons. The Balaban J connectivity index is 0.000000142. The van der Waals surface area contributed by atoms with E-state index < -0.39 is 0 Å². The highest BCUT2D eigenvalue weighted by Gasteiger charge is 2.31. The number of rotatable bonds is 28. The first-order valence-electron chi connectivity index (χ1n) is 45.6. The largest absolute Gasteiger partial charge is 0.385 e. The van der Waals surface area contributed by atoms with Crippen molar-refractivity contribution in [3.63, 3.8) is 0 Å². The number of ketones is 4. The molecular formula is C100H128Cl4N12O8. The summed E-state index contributed by atoms with van der Waals surface area (Å²) < 4.78 is 21.8. The van der Waals surface area contributed by atoms with Crippen LogP contribution in [0, 0.1) is 59.2 Å². The minimum absolute atomic E-state index is 0.0717. The lowest BCUT2D eigenvalue weighted by Crippen LogP contribution is -2.40. The van der Waals surface area contributed by atoms with E-state index in [4.69, 9.17) is 65.4 Å². The van der Waals surface area contributed by atoms with Crippen molar-refractivity contribution in [2.24, 2.45) is 59.2 Å². The van der Waals surface area contributed by atoms with Gasteiger partial charge in [0.15, 0.2) is 0 Å². The summed E-state index contributed by atoms with van der Waals surface area (Å²) in [7, 11) is 0. The second-order valence-corrected chi connectivity index (χ2v) is 37.5. The molecule has 8 saturated heterocycles. The van der Waals surface area contributed by atoms with E-state index in [9.17, 15) is 19.2 Å². The molecule has 0 amide bonds. The van der Waals surface area contributed by atoms with Crippen LogP contribution in [0.25, 0.3) is 44.5 Å². The third kappa shape index (κ3) is 29.1. The molecule has 20 nitrogen and oxygen atoms in total. The van der Waals surface area contributed by atoms with Crippen molar-refractivity contribution in [1.29, 1.82) is 0 Å². The van der Waals surface area contributed by atoms with Gasteiger partial charge < -0.3 is 61.5 Å². The van der Waals surface area contributed by atoms with Gasteiger partial charge in [0, 0.05) is 259 Å². The Morgan fingerprint density at radius 1 is 0.331 bits per heavy atom. The first kappa shape index (κ1) is 93.8. The monoisotopic (exact) mass is 1760 g/mol. The zero-order valence-corrected chi connectivity index (χ0v) is 75.8. The number of nitrogens with zero attached hydrogens (tertiary/aromatic N) is 4. The Labute approximate surface area is 754 Å². The average Bonchev–Trinajstić information content (AvgIpc) is 0.830. The first-order chi connectivity index (χ1) is 60.3. The zero-order chi connectivity index (χ0) is 86.5. The summed E-state index contributed by atoms with van der Waals surface area (Å²) in [6, 6.07) is 42.1. The Kier molecular flexibility index (Phi) is 36.6. The Morgan fingerprint density at radius 3 is 0.831 bits per heavy atom. The van der Waals surface area contributed by atoms with Crippen LogP contribution in [0.4, 0.5) is 22.7 Å². The molecule has 664 valence electrons. The van der Waals surface area contributed by atoms with Gasteiger partial charge in [0.25, 0.3) is 0 Å². The van der Waals surface area contributed by atoms with Gasteiger partial charge >= 0.3 is 0 Å². The maximum atomic E-state index is 12.8. The highest BCUT2D eigenvalue weighted by molar-refractivity contribution is 6.34. The summed E-state index contributed by atoms with van der Waals surface area (Å²) in [4.78, 5) is 68.9. The molecule has 8 aliphatic rings. The lowest BCUT2D eigenvalue weighted by atomic mass is 9.87. The van der Waals surface area contributed by atoms with E-state index in [1.807, 2.05) is 48.5 Å². The number of benzene rings is 4. The van der Waals surface area contributed by atoms with Gasteiger partial charge in [-0.15, -0.1) is 0 Å². The summed E-state index contributed by atoms with van der Waals surface area (Å²) in [6.45, 7) is 24.4. The van der Waals surface area contributed by atoms with E-state index in [0.717, 1.165) is 298 Å². The highest BCUT2D eigenvalue weighted by Crippen LogP contribution is 2.37. The predicted molar refractivity (Wildman–Crippen MR) is 502 cm³/mol. The van der Waals surface area contributed by atoms with Crippen molar-refractivity contribution < 1.29 is 38.1 Å². The normalized spacial score (nSPS) is 22.3. The quantitative estimate of drug-likeness (QED) is 0.0227. The standard InChI is InChI=1S/4C25H32ClN3O2/c2*1-17-9-20(15-27-13-17)25(30)12-22-11-23(24(26)16-29-22)19-3-2-4-21(10-19)28-14-18-5-7-31-8-6-18;2*1-17-5-6-20(15-27-17)25(30)13-22-12-23(24(26)16-29-22)19-3-2-4-21(11-19)28-14-18-7-9-31-10-8-18/h2*2-4,10-11,16-18,20,27-28H,5-9,12-15H2,1H3;2*2-4,11-12,16-18,20,27-28H,5-10,13-15H2,1H3/t17-,20+;3*17-,20-/m0010/s1. The third-order valence-corrected chi connectivity index (χ3v) is 27.0. The number of nitrogens with one attached hydrogen (secondary N) is 8. The molecule has 0 saturated carbocycles. The van der Waals surface area contributed by atoms with Crippen molar-refractivity contribution in [1.82, 2.24) is 41.2 Å². The third-order valence-electron chi connectivity index (χ3n) is 25.8. The number of aromatic nitrogens is 4. The molecule has 8 aliphatic heterocycles. The van der Waals surface area contributed by atoms with Crippen LogP contribution in [0.5, 0.6) is 0 Å². The molecule has 0 unspecified atom stereocenters. The SMILES string of the molecule is C[C@@H]1CC[C@@H](C(=O)Cc2cc(-c3cccc(NCC4CCOCC4)c3)c(Cl)cn2)CN1.C[C@@H]1CNC[C@@H](C(=O)Cc2cc(-c3cccc(NCC4CCOCC4)c3)c(Cl)cn2)C1.C[C@@H]1CNC[C@H](C(=O)Cc2cc(-c3cccc(NCC4CCOCC4)c3)c(Cl)cn2)C1.C[C@H]1CC[C@H](C(=O)Cc2cc(-c3cccc(NCC4CCOCC4)c3)c(Cl)cn2)CN1. The van der Waals surface area contributed by atoms with Crippen molar-refractivity contribution >= 4 is 92.3 Å². The van der Waals surface area contributed by atoms with Gasteiger partial charge in [0.2, 0.25) is 0 Å². The Bertz CT molecular complexity index is 4460. The molecule has 0 bridgehead atoms. The first-order valence-corrected chi connectivity index (χ1v) is 47.1. The van der Waals surface area contributed by atoms with E-state index in [1.54, 1.807) is 24.8 Å². The molecule has 24 heteroatoms. The molecule has 8 atom stereocenters. The maximum Gasteiger partial charge on any atom is 0.143 e. The second kappa shape index (κ2) is 48.4. The van der Waals surface area contributed by atoms with Crippen molar-refractivity contribution in [2.75, 3.05) is 140 Å². The van der Waals surface area contributed by atoms with Gasteiger partial charge in [-0.25, -0.2) is 0 Å². The summed E-state index contributed by atoms with van der Waals surface area (Å²) >= 11 is 26.0. The molecule has 4 aromatic carbocycles. The lowest BCUT2D eigenvalue weighted by Gasteiger charge is -2.26. The Morgan fingerprint density at radius 2 is 0.589 bits per heavy atom. The maximum absolute atomic E-state index is 12.8. The van der Waals surface area contributed by atoms with Gasteiger partial charge in [0.1, 0.15) is 23.1 Å². The van der Waals surface area contributed by atoms with E-state index in [2.05, 4.69) is 163 Å². The number of piperidine rings is 4. The van der Waals surface area contributed by atoms with E-state index in [1.165, 1.54) is 0 Å². The smallest absolute Gasteiger partial charge is 0.143 e. The number of pyridine rings is 4. The van der Waals surface area contributed by atoms with Crippen LogP contribution >= 0.6 is 46.4 Å². The van der Waals surface area contributed by atoms with E-state index in [0.29, 0.717) is 93.4 Å². The number of halogens is 4. The topological polar surface area (TPSA) is 253 Å². The van der Waals surface area contributed by atoms with Gasteiger partial charge in [-0.3, -0.25) is 39.1 Å². The molecular weight excluding hydrogens is 1640 g/mol. The predicted octanol–water partition coefficient (Wildman–Crippen LogP) is 18.7. The summed E-state index contributed by atoms with van der Waals surface area (Å²) in [5.74, 6) is 4.99. The van der Waals surface area contributed by atoms with Crippen LogP contribution in [0.3, 0.4) is 0 Å². The number of carbonyl (C=O) groups excluding carboxylic acids is 4. The molecule has 16 rings (SSSR count). The van der Waals surface area contributed by atoms with Gasteiger partial charge in [0.05, 0.1) is 20.1 Å². The minimum Gasteiger partial charge on any atom is -0.385 e. The fraction of sp³-hybridized carbons (Fsp3) is 0.520. The Hall–Kier alpha value is -7.80. The molecule has 124 heavy (non-hydrogen) atoms. The molecule has 8 aromatic rings. The summed E-state index contributed by atoms with van der Waals surface area (Å²) in [5.41, 5.74) is 15.3. The van der Waals surface area contributed by atoms with Gasteiger partial charge in [-0.2, -0.15) is 0 Å². The molecule has 4 aromatic heterocycles. The summed E-state index contributed by atoms with van der Waals surface area (Å²) in [5, 5.41) is 30.2. The van der Waals surface area contributed by atoms with Crippen LogP contribution in [0.2, 0.25) is 20.1 Å². The highest BCUT2D eigenvalue weighted by atomic mass is 35.5. The molecule has 8 fully saturated rings. The number of ether oxygens (including phenoxy) is 4. The van der Waals surface area contributed by atoms with Crippen LogP contribution < -0.4 is 42.5 Å². The van der Waals surface area contributed by atoms with E-state index >= 15 is 0 Å². The lowest BCUT2D eigenvalue weighted by molar-refractivity contribution is -0.123. The zero-order valence-electron chi connectivity index (χ0n) is 72.8. The fourth-order valence-electron chi connectivity index (χ4n) is 17.9.